The number of hydrogen-bond donors (Lipinski definition) is 0. The highest BCUT2D eigenvalue weighted by Gasteiger charge is 2.59. The normalized spacial score (nSPS) is 18.3. The van der Waals surface area contributed by atoms with Crippen molar-refractivity contribution < 1.29 is 0 Å². The molecule has 2 nitrogen and oxygen atoms in total. The second-order valence-electron chi connectivity index (χ2n) is 11.3. The van der Waals surface area contributed by atoms with Crippen molar-refractivity contribution in [1.29, 1.82) is 0 Å². The van der Waals surface area contributed by atoms with Crippen LogP contribution in [-0.4, -0.2) is 9.97 Å². The summed E-state index contributed by atoms with van der Waals surface area (Å²) in [7, 11) is 0. The fourth-order valence-electron chi connectivity index (χ4n) is 5.75. The molecule has 4 heteroatoms. The molecule has 1 aliphatic rings. The predicted molar refractivity (Wildman–Crippen MR) is 153 cm³/mol. The maximum absolute atomic E-state index is 4.22. The lowest BCUT2D eigenvalue weighted by Gasteiger charge is -2.46. The van der Waals surface area contributed by atoms with Gasteiger partial charge in [-0.25, -0.2) is 0 Å². The van der Waals surface area contributed by atoms with Crippen molar-refractivity contribution in [2.45, 2.75) is 55.4 Å². The van der Waals surface area contributed by atoms with Gasteiger partial charge in [0.15, 0.2) is 0 Å². The number of pyridine rings is 2. The van der Waals surface area contributed by atoms with Crippen LogP contribution in [0.25, 0.3) is 32.0 Å². The minimum Gasteiger partial charge on any atom is -0.265 e. The Bertz CT molecular complexity index is 1310. The quantitative estimate of drug-likeness (QED) is 0.280. The Morgan fingerprint density at radius 3 is 1.26 bits per heavy atom. The van der Waals surface area contributed by atoms with Gasteiger partial charge in [-0.3, -0.25) is 9.97 Å². The Labute approximate surface area is 217 Å². The number of allylic oxidation sites excluding steroid dienone is 2. The molecule has 5 rings (SSSR count). The van der Waals surface area contributed by atoms with Crippen LogP contribution in [0.4, 0.5) is 0 Å². The summed E-state index contributed by atoms with van der Waals surface area (Å²) >= 11 is 3.79. The van der Waals surface area contributed by atoms with Gasteiger partial charge in [-0.05, 0) is 99.9 Å². The van der Waals surface area contributed by atoms with Crippen LogP contribution in [0.1, 0.15) is 62.4 Å². The van der Waals surface area contributed by atoms with Crippen molar-refractivity contribution in [3.05, 3.63) is 82.1 Å². The summed E-state index contributed by atoms with van der Waals surface area (Å²) in [5.74, 6) is 0. The molecule has 4 aromatic rings. The molecule has 0 saturated heterocycles. The Morgan fingerprint density at radius 1 is 0.571 bits per heavy atom. The smallest absolute Gasteiger partial charge is 0.0352 e. The van der Waals surface area contributed by atoms with Crippen molar-refractivity contribution in [3.8, 4) is 20.9 Å². The molecule has 1 aliphatic carbocycles. The molecule has 0 aromatic carbocycles. The molecule has 0 aliphatic heterocycles. The van der Waals surface area contributed by atoms with E-state index in [2.05, 4.69) is 102 Å². The van der Waals surface area contributed by atoms with E-state index in [0.717, 1.165) is 0 Å². The van der Waals surface area contributed by atoms with Crippen molar-refractivity contribution >= 4 is 33.8 Å². The summed E-state index contributed by atoms with van der Waals surface area (Å²) in [5.41, 5.74) is 8.35. The minimum absolute atomic E-state index is 0.00160. The topological polar surface area (TPSA) is 25.8 Å². The number of thiophene rings is 2. The van der Waals surface area contributed by atoms with Crippen LogP contribution in [-0.2, 0) is 0 Å². The molecule has 4 heterocycles. The van der Waals surface area contributed by atoms with Gasteiger partial charge >= 0.3 is 0 Å². The molecule has 0 unspecified atom stereocenters. The van der Waals surface area contributed by atoms with Crippen LogP contribution in [0.2, 0.25) is 0 Å². The van der Waals surface area contributed by atoms with E-state index in [-0.39, 0.29) is 16.2 Å². The summed E-state index contributed by atoms with van der Waals surface area (Å²) in [6.45, 7) is 19.3. The van der Waals surface area contributed by atoms with Crippen molar-refractivity contribution in [2.24, 2.45) is 16.2 Å². The molecular formula is C31H34N2S2. The molecule has 0 spiro atoms. The van der Waals surface area contributed by atoms with Crippen molar-refractivity contribution in [3.63, 3.8) is 0 Å². The molecule has 0 atom stereocenters. The Hall–Kier alpha value is -2.56. The van der Waals surface area contributed by atoms with E-state index < -0.39 is 0 Å². The van der Waals surface area contributed by atoms with Gasteiger partial charge in [0.05, 0.1) is 0 Å². The second-order valence-corrected chi connectivity index (χ2v) is 13.8. The first-order chi connectivity index (χ1) is 16.5. The van der Waals surface area contributed by atoms with Gasteiger partial charge in [-0.15, -0.1) is 22.7 Å². The number of aryl methyl sites for hydroxylation is 2. The lowest BCUT2D eigenvalue weighted by atomic mass is 9.57. The van der Waals surface area contributed by atoms with Gasteiger partial charge in [-0.2, -0.15) is 0 Å². The average molecular weight is 499 g/mol. The lowest BCUT2D eigenvalue weighted by molar-refractivity contribution is 0.0817. The summed E-state index contributed by atoms with van der Waals surface area (Å²) < 4.78 is 0. The molecule has 35 heavy (non-hydrogen) atoms. The first kappa shape index (κ1) is 24.1. The number of rotatable bonds is 4. The van der Waals surface area contributed by atoms with Gasteiger partial charge < -0.3 is 0 Å². The van der Waals surface area contributed by atoms with Gasteiger partial charge in [0.25, 0.3) is 0 Å². The van der Waals surface area contributed by atoms with Crippen molar-refractivity contribution in [1.82, 2.24) is 9.97 Å². The number of nitrogens with zero attached hydrogens (tertiary/aromatic N) is 2. The lowest BCUT2D eigenvalue weighted by Crippen LogP contribution is -2.39. The van der Waals surface area contributed by atoms with E-state index in [1.54, 1.807) is 0 Å². The molecule has 0 saturated carbocycles. The molecule has 0 amide bonds. The maximum Gasteiger partial charge on any atom is 0.0352 e. The monoisotopic (exact) mass is 498 g/mol. The molecule has 0 fully saturated rings. The largest absolute Gasteiger partial charge is 0.265 e. The van der Waals surface area contributed by atoms with Crippen LogP contribution in [0.15, 0.2) is 61.2 Å². The molecule has 4 aromatic heterocycles. The van der Waals surface area contributed by atoms with Crippen LogP contribution in [0.5, 0.6) is 0 Å². The summed E-state index contributed by atoms with van der Waals surface area (Å²) in [6, 6.07) is 13.3. The first-order valence-electron chi connectivity index (χ1n) is 12.2. The van der Waals surface area contributed by atoms with E-state index in [9.17, 15) is 0 Å². The highest BCUT2D eigenvalue weighted by Crippen LogP contribution is 2.71. The standard InChI is InChI=1S/C31H34N2S2/c1-19-23(17-25(34-19)21-9-13-32-14-10-21)27-28(30(5,6)31(7,8)29(27,3)4)24-18-26(35-20(24)2)22-11-15-33-16-12-22/h9-18H,1-8H3. The predicted octanol–water partition coefficient (Wildman–Crippen LogP) is 9.55. The van der Waals surface area contributed by atoms with Crippen LogP contribution in [0.3, 0.4) is 0 Å². The number of aromatic nitrogens is 2. The van der Waals surface area contributed by atoms with E-state index in [4.69, 9.17) is 0 Å². The zero-order valence-corrected chi connectivity index (χ0v) is 23.6. The third-order valence-electron chi connectivity index (χ3n) is 8.93. The average Bonchev–Trinajstić information content (AvgIpc) is 3.42. The Balaban J connectivity index is 1.78. The van der Waals surface area contributed by atoms with E-state index in [1.807, 2.05) is 47.5 Å². The molecule has 0 radical (unpaired) electrons. The highest BCUT2D eigenvalue weighted by atomic mass is 32.1. The second kappa shape index (κ2) is 8.25. The number of hydrogen-bond acceptors (Lipinski definition) is 4. The third-order valence-corrected chi connectivity index (χ3v) is 11.1. The zero-order valence-electron chi connectivity index (χ0n) is 22.0. The van der Waals surface area contributed by atoms with Crippen LogP contribution >= 0.6 is 22.7 Å². The third kappa shape index (κ3) is 3.56. The van der Waals surface area contributed by atoms with Crippen LogP contribution in [0, 0.1) is 30.1 Å². The van der Waals surface area contributed by atoms with Gasteiger partial charge in [0, 0.05) is 44.3 Å². The van der Waals surface area contributed by atoms with E-state index in [0.29, 0.717) is 0 Å². The van der Waals surface area contributed by atoms with E-state index >= 15 is 0 Å². The summed E-state index contributed by atoms with van der Waals surface area (Å²) in [6.07, 6.45) is 7.54. The SMILES string of the molecule is Cc1sc(-c2ccncc2)cc1C1=C(c2cc(-c3ccncc3)sc2C)C(C)(C)C(C)(C)C1(C)C. The molecule has 180 valence electrons. The van der Waals surface area contributed by atoms with Crippen LogP contribution < -0.4 is 0 Å². The fraction of sp³-hybridized carbons (Fsp3) is 0.355. The fourth-order valence-corrected chi connectivity index (χ4v) is 7.81. The highest BCUT2D eigenvalue weighted by molar-refractivity contribution is 7.16. The van der Waals surface area contributed by atoms with E-state index in [1.165, 1.54) is 52.9 Å². The Morgan fingerprint density at radius 2 is 0.914 bits per heavy atom. The van der Waals surface area contributed by atoms with Gasteiger partial charge in [-0.1, -0.05) is 41.5 Å². The van der Waals surface area contributed by atoms with Gasteiger partial charge in [0.2, 0.25) is 0 Å². The molecular weight excluding hydrogens is 464 g/mol. The summed E-state index contributed by atoms with van der Waals surface area (Å²) in [5, 5.41) is 0. The van der Waals surface area contributed by atoms with Gasteiger partial charge in [0.1, 0.15) is 0 Å². The molecule has 0 bridgehead atoms. The summed E-state index contributed by atoms with van der Waals surface area (Å²) in [4.78, 5) is 13.8. The maximum atomic E-state index is 4.22. The minimum atomic E-state index is -0.00160. The zero-order chi connectivity index (χ0) is 25.2. The Kier molecular flexibility index (Phi) is 5.69. The van der Waals surface area contributed by atoms with Crippen molar-refractivity contribution in [2.75, 3.05) is 0 Å². The molecule has 0 N–H and O–H groups in total. The first-order valence-corrected chi connectivity index (χ1v) is 13.9.